The molecule has 0 radical (unpaired) electrons. The fourth-order valence-corrected chi connectivity index (χ4v) is 5.38. The van der Waals surface area contributed by atoms with Crippen LogP contribution in [0.25, 0.3) is 16.0 Å². The van der Waals surface area contributed by atoms with E-state index in [0.717, 1.165) is 48.1 Å². The molecule has 3 aromatic carbocycles. The van der Waals surface area contributed by atoms with Crippen LogP contribution in [-0.4, -0.2) is 40.8 Å². The Morgan fingerprint density at radius 3 is 2.47 bits per heavy atom. The van der Waals surface area contributed by atoms with Crippen LogP contribution >= 0.6 is 0 Å². The van der Waals surface area contributed by atoms with Crippen LogP contribution in [0.1, 0.15) is 47.7 Å². The number of nitrogens with zero attached hydrogens (tertiary/aromatic N) is 1. The van der Waals surface area contributed by atoms with E-state index in [0.29, 0.717) is 23.4 Å². The number of anilines is 1. The minimum absolute atomic E-state index is 0.0333. The Bertz CT molecular complexity index is 1450. The zero-order chi connectivity index (χ0) is 27.4. The van der Waals surface area contributed by atoms with Gasteiger partial charge in [-0.2, -0.15) is 0 Å². The molecule has 0 saturated heterocycles. The number of hydrogen-bond donors (Lipinski definition) is 1. The second kappa shape index (κ2) is 11.5. The van der Waals surface area contributed by atoms with Gasteiger partial charge < -0.3 is 15.0 Å². The van der Waals surface area contributed by atoms with Gasteiger partial charge in [0.1, 0.15) is 12.5 Å². The monoisotopic (exact) mass is 536 g/mol. The van der Waals surface area contributed by atoms with Crippen molar-refractivity contribution in [3.8, 4) is 11.1 Å². The second-order valence-electron chi connectivity index (χ2n) is 9.63. The second-order valence-corrected chi connectivity index (χ2v) is 11.6. The third-order valence-corrected chi connectivity index (χ3v) is 8.28. The summed E-state index contributed by atoms with van der Waals surface area (Å²) in [5, 5.41) is 3.02. The van der Waals surface area contributed by atoms with E-state index in [1.165, 1.54) is 12.1 Å². The van der Waals surface area contributed by atoms with Gasteiger partial charge in [0.2, 0.25) is 9.84 Å². The molecule has 4 rings (SSSR count). The van der Waals surface area contributed by atoms with E-state index in [4.69, 9.17) is 4.74 Å². The molecule has 1 fully saturated rings. The van der Waals surface area contributed by atoms with E-state index in [-0.39, 0.29) is 28.5 Å². The molecule has 0 aromatic heterocycles. The molecular formula is C30H33FN2O4S. The first-order valence-corrected chi connectivity index (χ1v) is 14.1. The van der Waals surface area contributed by atoms with Crippen molar-refractivity contribution in [2.24, 2.45) is 0 Å². The highest BCUT2D eigenvalue weighted by molar-refractivity contribution is 8.00. The number of ether oxygens (including phenoxy) is 1. The topological polar surface area (TPSA) is 75.7 Å². The lowest BCUT2D eigenvalue weighted by Gasteiger charge is -2.24. The third-order valence-electron chi connectivity index (χ3n) is 6.51. The van der Waals surface area contributed by atoms with Gasteiger partial charge in [-0.15, -0.1) is 0 Å². The van der Waals surface area contributed by atoms with Crippen LogP contribution in [0.3, 0.4) is 0 Å². The molecule has 1 amide bonds. The Morgan fingerprint density at radius 2 is 1.82 bits per heavy atom. The predicted octanol–water partition coefficient (Wildman–Crippen LogP) is 5.96. The quantitative estimate of drug-likeness (QED) is 0.186. The van der Waals surface area contributed by atoms with Gasteiger partial charge in [-0.1, -0.05) is 31.7 Å². The van der Waals surface area contributed by atoms with Crippen molar-refractivity contribution in [2.75, 3.05) is 25.3 Å². The minimum Gasteiger partial charge on any atom is -0.361 e. The molecule has 1 N–H and O–H groups in total. The van der Waals surface area contributed by atoms with Crippen LogP contribution in [0.5, 0.6) is 0 Å². The van der Waals surface area contributed by atoms with Gasteiger partial charge in [-0.3, -0.25) is 4.79 Å². The van der Waals surface area contributed by atoms with Crippen LogP contribution in [0.4, 0.5) is 10.1 Å². The first-order chi connectivity index (χ1) is 18.1. The Balaban J connectivity index is 1.75. The first kappa shape index (κ1) is 27.5. The van der Waals surface area contributed by atoms with Crippen LogP contribution < -0.4 is 10.2 Å². The molecule has 1 aliphatic carbocycles. The molecule has 6 nitrogen and oxygen atoms in total. The van der Waals surface area contributed by atoms with Crippen molar-refractivity contribution in [1.29, 1.82) is 0 Å². The number of carbonyl (C=O) groups excluding carboxylic acids is 1. The van der Waals surface area contributed by atoms with Gasteiger partial charge in [0.15, 0.2) is 0 Å². The summed E-state index contributed by atoms with van der Waals surface area (Å²) >= 11 is 0. The van der Waals surface area contributed by atoms with Crippen LogP contribution in [-0.2, 0) is 14.6 Å². The Hall–Kier alpha value is -3.49. The number of halogens is 1. The SMILES string of the molecule is C=C(c1ccc(-c2cc(C(=O)NC3CC3)ccc2C)cc1N(C)COCCC)S(=O)(=O)c1ccc(F)cc1. The van der Waals surface area contributed by atoms with Crippen molar-refractivity contribution in [1.82, 2.24) is 5.32 Å². The van der Waals surface area contributed by atoms with Crippen LogP contribution in [0.15, 0.2) is 72.1 Å². The lowest BCUT2D eigenvalue weighted by atomic mass is 9.96. The van der Waals surface area contributed by atoms with E-state index in [1.54, 1.807) is 6.07 Å². The lowest BCUT2D eigenvalue weighted by Crippen LogP contribution is -2.25. The van der Waals surface area contributed by atoms with E-state index >= 15 is 0 Å². The zero-order valence-corrected chi connectivity index (χ0v) is 22.8. The van der Waals surface area contributed by atoms with Crippen molar-refractivity contribution in [3.05, 3.63) is 89.8 Å². The van der Waals surface area contributed by atoms with E-state index in [9.17, 15) is 17.6 Å². The smallest absolute Gasteiger partial charge is 0.251 e. The predicted molar refractivity (Wildman–Crippen MR) is 149 cm³/mol. The standard InChI is InChI=1S/C30H33FN2O4S/c1-5-16-37-19-33(4)29-18-22(28-17-23(7-6-20(28)2)30(34)32-25-11-12-25)8-15-27(29)21(3)38(35,36)26-13-9-24(31)10-14-26/h6-10,13-15,17-18,25H,3,5,11-12,16,19H2,1-2,4H3,(H,32,34). The van der Waals surface area contributed by atoms with Gasteiger partial charge in [0.25, 0.3) is 5.91 Å². The summed E-state index contributed by atoms with van der Waals surface area (Å²) in [5.41, 5.74) is 4.29. The molecule has 3 aromatic rings. The van der Waals surface area contributed by atoms with Crippen LogP contribution in [0.2, 0.25) is 0 Å². The maximum absolute atomic E-state index is 13.4. The molecule has 0 bridgehead atoms. The maximum atomic E-state index is 13.4. The van der Waals surface area contributed by atoms with Gasteiger partial charge >= 0.3 is 0 Å². The number of rotatable bonds is 11. The van der Waals surface area contributed by atoms with Crippen LogP contribution in [0, 0.1) is 12.7 Å². The average Bonchev–Trinajstić information content (AvgIpc) is 3.72. The highest BCUT2D eigenvalue weighted by Crippen LogP contribution is 2.37. The summed E-state index contributed by atoms with van der Waals surface area (Å²) in [6, 6.07) is 16.0. The molecule has 0 unspecified atom stereocenters. The number of nitrogens with one attached hydrogen (secondary N) is 1. The van der Waals surface area contributed by atoms with Gasteiger partial charge in [0.05, 0.1) is 9.80 Å². The van der Waals surface area contributed by atoms with Gasteiger partial charge in [0, 0.05) is 36.5 Å². The normalized spacial score (nSPS) is 13.3. The highest BCUT2D eigenvalue weighted by atomic mass is 32.2. The molecular weight excluding hydrogens is 503 g/mol. The molecule has 200 valence electrons. The van der Waals surface area contributed by atoms with E-state index in [2.05, 4.69) is 11.9 Å². The molecule has 0 spiro atoms. The fourth-order valence-electron chi connectivity index (χ4n) is 4.14. The molecule has 8 heteroatoms. The Labute approximate surface area is 224 Å². The lowest BCUT2D eigenvalue weighted by molar-refractivity contribution is 0.0951. The van der Waals surface area contributed by atoms with Crippen molar-refractivity contribution < 1.29 is 22.3 Å². The Morgan fingerprint density at radius 1 is 1.11 bits per heavy atom. The number of amides is 1. The summed E-state index contributed by atoms with van der Waals surface area (Å²) in [6.45, 7) is 8.71. The summed E-state index contributed by atoms with van der Waals surface area (Å²) in [5.74, 6) is -0.620. The molecule has 38 heavy (non-hydrogen) atoms. The number of aryl methyl sites for hydroxylation is 1. The highest BCUT2D eigenvalue weighted by Gasteiger charge is 2.26. The third kappa shape index (κ3) is 6.14. The first-order valence-electron chi connectivity index (χ1n) is 12.7. The number of carbonyl (C=O) groups is 1. The molecule has 0 atom stereocenters. The summed E-state index contributed by atoms with van der Waals surface area (Å²) in [4.78, 5) is 14.4. The largest absolute Gasteiger partial charge is 0.361 e. The molecule has 1 saturated carbocycles. The van der Waals surface area contributed by atoms with E-state index in [1.807, 2.05) is 56.1 Å². The maximum Gasteiger partial charge on any atom is 0.251 e. The van der Waals surface area contributed by atoms with E-state index < -0.39 is 15.7 Å². The van der Waals surface area contributed by atoms with Crippen molar-refractivity contribution in [2.45, 2.75) is 44.0 Å². The van der Waals surface area contributed by atoms with Gasteiger partial charge in [-0.05, 0) is 85.3 Å². The number of sulfone groups is 1. The Kier molecular flexibility index (Phi) is 8.33. The molecule has 1 aliphatic rings. The minimum atomic E-state index is -3.98. The number of benzene rings is 3. The summed E-state index contributed by atoms with van der Waals surface area (Å²) in [6.07, 6.45) is 2.86. The van der Waals surface area contributed by atoms with Gasteiger partial charge in [-0.25, -0.2) is 12.8 Å². The van der Waals surface area contributed by atoms with Crippen molar-refractivity contribution in [3.63, 3.8) is 0 Å². The summed E-state index contributed by atoms with van der Waals surface area (Å²) < 4.78 is 45.9. The number of hydrogen-bond acceptors (Lipinski definition) is 5. The fraction of sp³-hybridized carbons (Fsp3) is 0.300. The van der Waals surface area contributed by atoms with Crippen molar-refractivity contribution >= 4 is 26.3 Å². The average molecular weight is 537 g/mol. The molecule has 0 aliphatic heterocycles. The molecule has 0 heterocycles. The zero-order valence-electron chi connectivity index (χ0n) is 22.0. The summed E-state index contributed by atoms with van der Waals surface area (Å²) in [7, 11) is -2.16.